The molecule has 2 heterocycles. The molecule has 2 unspecified atom stereocenters. The van der Waals surface area contributed by atoms with E-state index >= 15 is 0 Å². The zero-order valence-electron chi connectivity index (χ0n) is 29.9. The number of hydrogen-bond acceptors (Lipinski definition) is 6. The Bertz CT molecular complexity index is 1640. The fraction of sp³-hybridized carbons (Fsp3) is 0.474. The molecule has 48 heavy (non-hydrogen) atoms. The SMILES string of the molecule is CC(C)C(NC(=O)OC(C)(C)C)c1ncc(-c2ccc3c(c2)CCc2cc(-c4cnc(C(NC(=O)OC(C)(C)C)C(C)C)[nH]4)ccc2-3)[nH]1. The van der Waals surface area contributed by atoms with Gasteiger partial charge < -0.3 is 30.1 Å². The highest BCUT2D eigenvalue weighted by molar-refractivity contribution is 5.79. The molecule has 10 heteroatoms. The van der Waals surface area contributed by atoms with Crippen molar-refractivity contribution in [2.45, 2.75) is 105 Å². The van der Waals surface area contributed by atoms with Crippen LogP contribution in [0.3, 0.4) is 0 Å². The number of fused-ring (bicyclic) bond motifs is 3. The number of nitrogens with one attached hydrogen (secondary N) is 4. The van der Waals surface area contributed by atoms with E-state index in [9.17, 15) is 9.59 Å². The average Bonchev–Trinajstić information content (AvgIpc) is 3.67. The summed E-state index contributed by atoms with van der Waals surface area (Å²) in [5, 5.41) is 5.95. The van der Waals surface area contributed by atoms with Crippen molar-refractivity contribution < 1.29 is 19.1 Å². The van der Waals surface area contributed by atoms with Crippen LogP contribution in [0.25, 0.3) is 33.6 Å². The highest BCUT2D eigenvalue weighted by Gasteiger charge is 2.27. The van der Waals surface area contributed by atoms with Gasteiger partial charge in [0, 0.05) is 0 Å². The maximum atomic E-state index is 12.5. The summed E-state index contributed by atoms with van der Waals surface area (Å²) in [6.45, 7) is 19.3. The Hall–Kier alpha value is -4.60. The van der Waals surface area contributed by atoms with Crippen molar-refractivity contribution in [3.8, 4) is 33.6 Å². The molecule has 10 nitrogen and oxygen atoms in total. The summed E-state index contributed by atoms with van der Waals surface area (Å²) in [6.07, 6.45) is 4.57. The quantitative estimate of drug-likeness (QED) is 0.150. The summed E-state index contributed by atoms with van der Waals surface area (Å²) in [6, 6.07) is 12.5. The molecule has 0 bridgehead atoms. The van der Waals surface area contributed by atoms with E-state index in [1.807, 2.05) is 81.6 Å². The van der Waals surface area contributed by atoms with Gasteiger partial charge >= 0.3 is 12.2 Å². The Morgan fingerprint density at radius 1 is 0.667 bits per heavy atom. The topological polar surface area (TPSA) is 134 Å². The Balaban J connectivity index is 1.33. The average molecular weight is 655 g/mol. The van der Waals surface area contributed by atoms with Crippen LogP contribution in [0.4, 0.5) is 9.59 Å². The maximum absolute atomic E-state index is 12.5. The number of ether oxygens (including phenoxy) is 2. The van der Waals surface area contributed by atoms with Gasteiger partial charge in [-0.25, -0.2) is 19.6 Å². The van der Waals surface area contributed by atoms with Gasteiger partial charge in [0.1, 0.15) is 22.9 Å². The molecule has 0 aliphatic heterocycles. The summed E-state index contributed by atoms with van der Waals surface area (Å²) in [7, 11) is 0. The van der Waals surface area contributed by atoms with Gasteiger partial charge in [0.15, 0.2) is 0 Å². The molecular formula is C38H50N6O4. The number of amides is 2. The highest BCUT2D eigenvalue weighted by atomic mass is 16.6. The van der Waals surface area contributed by atoms with Crippen LogP contribution in [0, 0.1) is 11.8 Å². The molecule has 0 spiro atoms. The van der Waals surface area contributed by atoms with Crippen LogP contribution < -0.4 is 10.6 Å². The molecule has 0 fully saturated rings. The molecule has 4 aromatic rings. The number of H-pyrrole nitrogens is 2. The fourth-order valence-corrected chi connectivity index (χ4v) is 5.98. The number of alkyl carbamates (subject to hydrolysis) is 2. The van der Waals surface area contributed by atoms with Gasteiger partial charge in [-0.05, 0) is 112 Å². The van der Waals surface area contributed by atoms with Crippen LogP contribution in [0.1, 0.15) is 104 Å². The van der Waals surface area contributed by atoms with Gasteiger partial charge in [-0.3, -0.25) is 0 Å². The molecule has 1 aliphatic rings. The van der Waals surface area contributed by atoms with E-state index in [1.165, 1.54) is 22.3 Å². The van der Waals surface area contributed by atoms with Crippen molar-refractivity contribution in [2.24, 2.45) is 11.8 Å². The first-order chi connectivity index (χ1) is 22.5. The Labute approximate surface area is 283 Å². The predicted octanol–water partition coefficient (Wildman–Crippen LogP) is 8.68. The Morgan fingerprint density at radius 2 is 1.04 bits per heavy atom. The van der Waals surface area contributed by atoms with Crippen LogP contribution in [-0.2, 0) is 22.3 Å². The van der Waals surface area contributed by atoms with Crippen molar-refractivity contribution >= 4 is 12.2 Å². The fourth-order valence-electron chi connectivity index (χ4n) is 5.98. The van der Waals surface area contributed by atoms with E-state index in [2.05, 4.69) is 67.0 Å². The lowest BCUT2D eigenvalue weighted by atomic mass is 9.83. The Kier molecular flexibility index (Phi) is 9.76. The molecular weight excluding hydrogens is 604 g/mol. The number of hydrogen-bond donors (Lipinski definition) is 4. The van der Waals surface area contributed by atoms with E-state index in [4.69, 9.17) is 9.47 Å². The van der Waals surface area contributed by atoms with Crippen molar-refractivity contribution in [3.63, 3.8) is 0 Å². The first-order valence-corrected chi connectivity index (χ1v) is 16.8. The van der Waals surface area contributed by atoms with Crippen LogP contribution >= 0.6 is 0 Å². The zero-order valence-corrected chi connectivity index (χ0v) is 29.9. The summed E-state index contributed by atoms with van der Waals surface area (Å²) >= 11 is 0. The van der Waals surface area contributed by atoms with E-state index in [-0.39, 0.29) is 23.9 Å². The van der Waals surface area contributed by atoms with Crippen molar-refractivity contribution in [2.75, 3.05) is 0 Å². The highest BCUT2D eigenvalue weighted by Crippen LogP contribution is 2.38. The van der Waals surface area contributed by atoms with Crippen molar-refractivity contribution in [1.29, 1.82) is 0 Å². The van der Waals surface area contributed by atoms with Gasteiger partial charge in [-0.1, -0.05) is 52.0 Å². The number of aromatic amines is 2. The minimum atomic E-state index is -0.578. The second-order valence-electron chi connectivity index (χ2n) is 15.3. The van der Waals surface area contributed by atoms with Crippen molar-refractivity contribution in [3.05, 3.63) is 71.6 Å². The van der Waals surface area contributed by atoms with Crippen molar-refractivity contribution in [1.82, 2.24) is 30.6 Å². The molecule has 0 radical (unpaired) electrons. The van der Waals surface area contributed by atoms with Gasteiger partial charge in [0.2, 0.25) is 0 Å². The standard InChI is InChI=1S/C38H50N6O4/c1-21(2)31(43-35(45)47-37(5,6)7)33-39-19-29(41-33)25-13-15-27-23(17-25)11-12-24-18-26(14-16-28(24)27)30-20-40-34(42-30)32(22(3)4)44-36(46)48-38(8,9)10/h13-22,31-32H,11-12H2,1-10H3,(H,39,41)(H,40,42)(H,43,45)(H,44,46). The summed E-state index contributed by atoms with van der Waals surface area (Å²) < 4.78 is 11.0. The van der Waals surface area contributed by atoms with Crippen LogP contribution in [0.5, 0.6) is 0 Å². The second-order valence-corrected chi connectivity index (χ2v) is 15.3. The lowest BCUT2D eigenvalue weighted by Gasteiger charge is -2.24. The second kappa shape index (κ2) is 13.5. The minimum Gasteiger partial charge on any atom is -0.444 e. The third-order valence-corrected chi connectivity index (χ3v) is 8.24. The zero-order chi connectivity index (χ0) is 35.0. The van der Waals surface area contributed by atoms with Gasteiger partial charge in [0.05, 0.1) is 35.9 Å². The van der Waals surface area contributed by atoms with E-state index in [1.54, 1.807) is 0 Å². The number of nitrogens with zero attached hydrogens (tertiary/aromatic N) is 2. The molecule has 0 saturated carbocycles. The molecule has 256 valence electrons. The molecule has 4 N–H and O–H groups in total. The smallest absolute Gasteiger partial charge is 0.408 e. The summed E-state index contributed by atoms with van der Waals surface area (Å²) in [5.41, 5.74) is 7.78. The lowest BCUT2D eigenvalue weighted by Crippen LogP contribution is -2.37. The maximum Gasteiger partial charge on any atom is 0.408 e. The monoisotopic (exact) mass is 654 g/mol. The van der Waals surface area contributed by atoms with E-state index in [0.29, 0.717) is 11.6 Å². The van der Waals surface area contributed by atoms with Crippen LogP contribution in [0.15, 0.2) is 48.8 Å². The van der Waals surface area contributed by atoms with Crippen LogP contribution in [-0.4, -0.2) is 43.3 Å². The molecule has 1 aliphatic carbocycles. The first kappa shape index (κ1) is 34.7. The molecule has 2 aromatic heterocycles. The minimum absolute atomic E-state index is 0.111. The third kappa shape index (κ3) is 8.27. The largest absolute Gasteiger partial charge is 0.444 e. The summed E-state index contributed by atoms with van der Waals surface area (Å²) in [4.78, 5) is 41.2. The number of carbonyl (C=O) groups excluding carboxylic acids is 2. The van der Waals surface area contributed by atoms with E-state index < -0.39 is 23.4 Å². The molecule has 2 amide bonds. The predicted molar refractivity (Wildman–Crippen MR) is 188 cm³/mol. The summed E-state index contributed by atoms with van der Waals surface area (Å²) in [5.74, 6) is 1.62. The number of carbonyl (C=O) groups is 2. The molecule has 2 aromatic carbocycles. The van der Waals surface area contributed by atoms with Crippen LogP contribution in [0.2, 0.25) is 0 Å². The van der Waals surface area contributed by atoms with Gasteiger partial charge in [0.25, 0.3) is 0 Å². The number of imidazole rings is 2. The number of aromatic nitrogens is 4. The lowest BCUT2D eigenvalue weighted by molar-refractivity contribution is 0.0475. The first-order valence-electron chi connectivity index (χ1n) is 16.8. The van der Waals surface area contributed by atoms with Gasteiger partial charge in [-0.15, -0.1) is 0 Å². The molecule has 0 saturated heterocycles. The number of rotatable bonds is 8. The Morgan fingerprint density at radius 3 is 1.38 bits per heavy atom. The van der Waals surface area contributed by atoms with E-state index in [0.717, 1.165) is 35.4 Å². The number of aryl methyl sites for hydroxylation is 2. The van der Waals surface area contributed by atoms with Gasteiger partial charge in [-0.2, -0.15) is 0 Å². The molecule has 5 rings (SSSR count). The third-order valence-electron chi connectivity index (χ3n) is 8.24. The number of benzene rings is 2. The molecule has 2 atom stereocenters. The normalized spacial score (nSPS) is 14.2.